The molecule has 0 spiro atoms. The molecule has 0 aliphatic carbocycles. The minimum Gasteiger partial charge on any atom is -0.309 e. The molecule has 0 radical (unpaired) electrons. The number of carbonyl (C=O) groups excluding carboxylic acids is 1. The van der Waals surface area contributed by atoms with Gasteiger partial charge in [-0.05, 0) is 29.8 Å². The summed E-state index contributed by atoms with van der Waals surface area (Å²) in [5.74, 6) is 0. The molecule has 2 aromatic carbocycles. The van der Waals surface area contributed by atoms with E-state index in [2.05, 4.69) is 47.0 Å². The number of aromatic nitrogens is 1. The fourth-order valence-electron chi connectivity index (χ4n) is 2.84. The minimum atomic E-state index is 0.217. The number of para-hydroxylation sites is 1. The Hall–Kier alpha value is -2.26. The van der Waals surface area contributed by atoms with Gasteiger partial charge in [-0.2, -0.15) is 0 Å². The van der Waals surface area contributed by atoms with Gasteiger partial charge in [0.15, 0.2) is 6.29 Å². The Labute approximate surface area is 127 Å². The largest absolute Gasteiger partial charge is 0.309 e. The maximum atomic E-state index is 11.4. The average Bonchev–Trinajstić information content (AvgIpc) is 2.99. The van der Waals surface area contributed by atoms with Crippen LogP contribution in [0.25, 0.3) is 5.69 Å². The minimum absolute atomic E-state index is 0.217. The van der Waals surface area contributed by atoms with Crippen molar-refractivity contribution in [1.82, 2.24) is 4.57 Å². The third-order valence-corrected chi connectivity index (χ3v) is 5.13. The summed E-state index contributed by atoms with van der Waals surface area (Å²) in [5.41, 5.74) is 4.22. The summed E-state index contributed by atoms with van der Waals surface area (Å²) in [7, 11) is 0. The van der Waals surface area contributed by atoms with E-state index in [4.69, 9.17) is 0 Å². The van der Waals surface area contributed by atoms with Gasteiger partial charge in [-0.25, -0.2) is 0 Å². The van der Waals surface area contributed by atoms with Gasteiger partial charge < -0.3 is 4.57 Å². The first-order valence-corrected chi connectivity index (χ1v) is 7.74. The number of rotatable bonds is 2. The molecule has 21 heavy (non-hydrogen) atoms. The SMILES string of the molecule is O=Cc1ccc2n1-c1ccccc1SC2c1ccccc1. The molecule has 3 aromatic rings. The number of hydrogen-bond donors (Lipinski definition) is 0. The number of hydrogen-bond acceptors (Lipinski definition) is 2. The topological polar surface area (TPSA) is 22.0 Å². The van der Waals surface area contributed by atoms with Crippen LogP contribution in [0.15, 0.2) is 71.6 Å². The van der Waals surface area contributed by atoms with Gasteiger partial charge in [0.1, 0.15) is 0 Å². The number of carbonyl (C=O) groups is 1. The Kier molecular flexibility index (Phi) is 2.93. The van der Waals surface area contributed by atoms with Crippen molar-refractivity contribution in [3.05, 3.63) is 83.7 Å². The lowest BCUT2D eigenvalue weighted by Crippen LogP contribution is -2.13. The quantitative estimate of drug-likeness (QED) is 0.649. The highest BCUT2D eigenvalue weighted by Crippen LogP contribution is 2.47. The van der Waals surface area contributed by atoms with Gasteiger partial charge in [0.05, 0.1) is 16.6 Å². The molecule has 1 aromatic heterocycles. The van der Waals surface area contributed by atoms with Crippen LogP contribution in [0, 0.1) is 0 Å². The summed E-state index contributed by atoms with van der Waals surface area (Å²) in [6.07, 6.45) is 0.929. The van der Waals surface area contributed by atoms with E-state index in [9.17, 15) is 4.79 Å². The number of benzene rings is 2. The summed E-state index contributed by atoms with van der Waals surface area (Å²) in [6.45, 7) is 0. The predicted molar refractivity (Wildman–Crippen MR) is 85.3 cm³/mol. The molecule has 0 bridgehead atoms. The maximum absolute atomic E-state index is 11.4. The first kappa shape index (κ1) is 12.5. The zero-order valence-corrected chi connectivity index (χ0v) is 12.1. The van der Waals surface area contributed by atoms with Crippen molar-refractivity contribution in [2.75, 3.05) is 0 Å². The number of nitrogens with zero attached hydrogens (tertiary/aromatic N) is 1. The third kappa shape index (κ3) is 1.93. The highest BCUT2D eigenvalue weighted by atomic mass is 32.2. The van der Waals surface area contributed by atoms with Gasteiger partial charge >= 0.3 is 0 Å². The normalized spacial score (nSPS) is 16.1. The summed E-state index contributed by atoms with van der Waals surface area (Å²) in [5, 5.41) is 0.217. The van der Waals surface area contributed by atoms with Crippen LogP contribution >= 0.6 is 11.8 Å². The fraction of sp³-hybridized carbons (Fsp3) is 0.0556. The molecule has 4 rings (SSSR count). The second-order valence-corrected chi connectivity index (χ2v) is 6.16. The molecule has 0 fully saturated rings. The van der Waals surface area contributed by atoms with Gasteiger partial charge in [0.2, 0.25) is 0 Å². The molecule has 1 aliphatic rings. The standard InChI is InChI=1S/C18H13NOS/c20-12-14-10-11-16-18(13-6-2-1-3-7-13)21-17-9-5-4-8-15(17)19(14)16/h1-12,18H. The first-order chi connectivity index (χ1) is 10.4. The van der Waals surface area contributed by atoms with Crippen molar-refractivity contribution in [1.29, 1.82) is 0 Å². The molecular weight excluding hydrogens is 278 g/mol. The number of thioether (sulfide) groups is 1. The summed E-state index contributed by atoms with van der Waals surface area (Å²) < 4.78 is 2.08. The average molecular weight is 291 g/mol. The van der Waals surface area contributed by atoms with Crippen LogP contribution in [0.5, 0.6) is 0 Å². The van der Waals surface area contributed by atoms with Crippen molar-refractivity contribution >= 4 is 18.0 Å². The molecule has 102 valence electrons. The van der Waals surface area contributed by atoms with Crippen LogP contribution in [0.4, 0.5) is 0 Å². The van der Waals surface area contributed by atoms with Crippen molar-refractivity contribution in [3.63, 3.8) is 0 Å². The van der Waals surface area contributed by atoms with Crippen LogP contribution in [0.2, 0.25) is 0 Å². The molecule has 1 unspecified atom stereocenters. The molecule has 0 amide bonds. The van der Waals surface area contributed by atoms with Crippen LogP contribution in [-0.4, -0.2) is 10.9 Å². The maximum Gasteiger partial charge on any atom is 0.166 e. The smallest absolute Gasteiger partial charge is 0.166 e. The van der Waals surface area contributed by atoms with Gasteiger partial charge in [-0.1, -0.05) is 42.5 Å². The van der Waals surface area contributed by atoms with E-state index in [-0.39, 0.29) is 5.25 Å². The van der Waals surface area contributed by atoms with E-state index in [1.165, 1.54) is 10.5 Å². The van der Waals surface area contributed by atoms with Crippen molar-refractivity contribution in [3.8, 4) is 5.69 Å². The third-order valence-electron chi connectivity index (χ3n) is 3.78. The highest BCUT2D eigenvalue weighted by Gasteiger charge is 2.27. The monoisotopic (exact) mass is 291 g/mol. The van der Waals surface area contributed by atoms with Gasteiger partial charge in [-0.3, -0.25) is 4.79 Å². The van der Waals surface area contributed by atoms with Crippen molar-refractivity contribution in [2.24, 2.45) is 0 Å². The van der Waals surface area contributed by atoms with Gasteiger partial charge in [0, 0.05) is 10.6 Å². The Morgan fingerprint density at radius 2 is 1.67 bits per heavy atom. The molecule has 0 saturated heterocycles. The summed E-state index contributed by atoms with van der Waals surface area (Å²) >= 11 is 1.84. The predicted octanol–water partition coefficient (Wildman–Crippen LogP) is 4.48. The summed E-state index contributed by atoms with van der Waals surface area (Å²) in [6, 6.07) is 22.6. The number of aldehydes is 1. The van der Waals surface area contributed by atoms with Crippen LogP contribution < -0.4 is 0 Å². The zero-order valence-electron chi connectivity index (χ0n) is 11.3. The number of fused-ring (bicyclic) bond motifs is 3. The molecule has 3 heteroatoms. The first-order valence-electron chi connectivity index (χ1n) is 6.86. The lowest BCUT2D eigenvalue weighted by Gasteiger charge is -2.27. The van der Waals surface area contributed by atoms with E-state index in [1.54, 1.807) is 0 Å². The van der Waals surface area contributed by atoms with Crippen LogP contribution in [0.3, 0.4) is 0 Å². The van der Waals surface area contributed by atoms with E-state index >= 15 is 0 Å². The lowest BCUT2D eigenvalue weighted by atomic mass is 10.1. The van der Waals surface area contributed by atoms with E-state index in [1.807, 2.05) is 36.0 Å². The molecule has 0 N–H and O–H groups in total. The van der Waals surface area contributed by atoms with E-state index in [0.29, 0.717) is 5.69 Å². The van der Waals surface area contributed by atoms with E-state index in [0.717, 1.165) is 17.7 Å². The Morgan fingerprint density at radius 1 is 0.905 bits per heavy atom. The highest BCUT2D eigenvalue weighted by molar-refractivity contribution is 8.00. The second-order valence-electron chi connectivity index (χ2n) is 5.01. The molecule has 1 aliphatic heterocycles. The molecule has 0 saturated carbocycles. The molecule has 2 heterocycles. The fourth-order valence-corrected chi connectivity index (χ4v) is 4.13. The Morgan fingerprint density at radius 3 is 2.48 bits per heavy atom. The Balaban J connectivity index is 1.96. The van der Waals surface area contributed by atoms with Gasteiger partial charge in [-0.15, -0.1) is 11.8 Å². The Bertz CT molecular complexity index is 807. The summed E-state index contributed by atoms with van der Waals surface area (Å²) in [4.78, 5) is 12.6. The molecular formula is C18H13NOS. The van der Waals surface area contributed by atoms with Crippen LogP contribution in [-0.2, 0) is 0 Å². The second kappa shape index (κ2) is 4.93. The van der Waals surface area contributed by atoms with Gasteiger partial charge in [0.25, 0.3) is 0 Å². The zero-order chi connectivity index (χ0) is 14.2. The molecule has 2 nitrogen and oxygen atoms in total. The molecule has 1 atom stereocenters. The van der Waals surface area contributed by atoms with Crippen molar-refractivity contribution in [2.45, 2.75) is 10.1 Å². The lowest BCUT2D eigenvalue weighted by molar-refractivity contribution is 0.111. The van der Waals surface area contributed by atoms with E-state index < -0.39 is 0 Å². The van der Waals surface area contributed by atoms with Crippen molar-refractivity contribution < 1.29 is 4.79 Å². The van der Waals surface area contributed by atoms with Crippen LogP contribution in [0.1, 0.15) is 27.0 Å².